The van der Waals surface area contributed by atoms with Crippen LogP contribution in [0, 0.1) is 11.8 Å². The Bertz CT molecular complexity index is 1040. The minimum atomic E-state index is 0.715. The minimum absolute atomic E-state index is 0.715. The van der Waals surface area contributed by atoms with Crippen LogP contribution in [0.2, 0.25) is 0 Å². The van der Waals surface area contributed by atoms with Crippen molar-refractivity contribution >= 4 is 17.0 Å². The van der Waals surface area contributed by atoms with Crippen LogP contribution in [0.1, 0.15) is 36.3 Å². The second kappa shape index (κ2) is 9.63. The number of rotatable bonds is 5. The van der Waals surface area contributed by atoms with Crippen LogP contribution in [0.4, 0.5) is 0 Å². The summed E-state index contributed by atoms with van der Waals surface area (Å²) in [5.74, 6) is 2.47. The van der Waals surface area contributed by atoms with E-state index in [9.17, 15) is 0 Å². The summed E-state index contributed by atoms with van der Waals surface area (Å²) in [5.41, 5.74) is 5.24. The lowest BCUT2D eigenvalue weighted by Crippen LogP contribution is -2.13. The molecule has 152 valence electrons. The van der Waals surface area contributed by atoms with Gasteiger partial charge in [0.15, 0.2) is 0 Å². The normalized spacial score (nSPS) is 14.1. The number of furan rings is 1. The Balaban J connectivity index is 0.000000156. The van der Waals surface area contributed by atoms with Crippen LogP contribution >= 0.6 is 0 Å². The van der Waals surface area contributed by atoms with Crippen LogP contribution in [0.3, 0.4) is 0 Å². The molecule has 1 nitrogen and oxygen atoms in total. The van der Waals surface area contributed by atoms with Gasteiger partial charge in [0.2, 0.25) is 0 Å². The molecule has 0 aliphatic heterocycles. The van der Waals surface area contributed by atoms with Crippen molar-refractivity contribution in [3.8, 4) is 0 Å². The van der Waals surface area contributed by atoms with Gasteiger partial charge in [0.05, 0.1) is 0 Å². The van der Waals surface area contributed by atoms with Crippen LogP contribution in [-0.4, -0.2) is 0 Å². The molecule has 0 saturated heterocycles. The number of fused-ring (bicyclic) bond motifs is 3. The van der Waals surface area contributed by atoms with Crippen LogP contribution < -0.4 is 0 Å². The predicted octanol–water partition coefficient (Wildman–Crippen LogP) is 7.75. The standard InChI is InChI=1S/C18H22.C11H8O/c1-15(13-17-9-5-3-6-10-17)16(2)14-18-11-7-4-8-12-18;1-2-6-10-8(4-1)9-5-3-7-11(9)12-10/h3-12,15-16H,13-14H2,1-2H3;1-4,6-7H,5H2. The van der Waals surface area contributed by atoms with Gasteiger partial charge >= 0.3 is 0 Å². The Kier molecular flexibility index (Phi) is 6.49. The molecule has 0 N–H and O–H groups in total. The maximum atomic E-state index is 5.62. The SMILES string of the molecule is C1=Cc2oc3ccccc3c2C1.CC(Cc1ccccc1)C(C)Cc1ccccc1. The fourth-order valence-electron chi connectivity index (χ4n) is 4.12. The average molecular weight is 395 g/mol. The Morgan fingerprint density at radius 3 is 1.83 bits per heavy atom. The summed E-state index contributed by atoms with van der Waals surface area (Å²) in [6, 6.07) is 29.8. The second-order valence-corrected chi connectivity index (χ2v) is 8.38. The van der Waals surface area contributed by atoms with Gasteiger partial charge in [-0.15, -0.1) is 0 Å². The Hall–Kier alpha value is -3.06. The van der Waals surface area contributed by atoms with Gasteiger partial charge in [-0.05, 0) is 54.4 Å². The molecule has 1 heterocycles. The van der Waals surface area contributed by atoms with E-state index < -0.39 is 0 Å². The van der Waals surface area contributed by atoms with Gasteiger partial charge in [-0.3, -0.25) is 0 Å². The van der Waals surface area contributed by atoms with Crippen LogP contribution in [-0.2, 0) is 19.3 Å². The molecule has 1 aromatic heterocycles. The van der Waals surface area contributed by atoms with Crippen molar-refractivity contribution in [1.82, 2.24) is 0 Å². The topological polar surface area (TPSA) is 13.1 Å². The summed E-state index contributed by atoms with van der Waals surface area (Å²) in [5, 5.41) is 1.26. The van der Waals surface area contributed by atoms with Gasteiger partial charge < -0.3 is 4.42 Å². The van der Waals surface area contributed by atoms with Crippen molar-refractivity contribution in [2.75, 3.05) is 0 Å². The molecule has 0 bridgehead atoms. The van der Waals surface area contributed by atoms with E-state index in [4.69, 9.17) is 4.42 Å². The van der Waals surface area contributed by atoms with Crippen LogP contribution in [0.5, 0.6) is 0 Å². The van der Waals surface area contributed by atoms with Crippen molar-refractivity contribution < 1.29 is 4.42 Å². The van der Waals surface area contributed by atoms with Gasteiger partial charge in [-0.25, -0.2) is 0 Å². The first-order chi connectivity index (χ1) is 14.7. The predicted molar refractivity (Wildman–Crippen MR) is 128 cm³/mol. The molecule has 5 rings (SSSR count). The fraction of sp³-hybridized carbons (Fsp3) is 0.241. The molecule has 30 heavy (non-hydrogen) atoms. The summed E-state index contributed by atoms with van der Waals surface area (Å²) >= 11 is 0. The Labute approximate surface area is 180 Å². The van der Waals surface area contributed by atoms with Crippen LogP contribution in [0.15, 0.2) is 95.4 Å². The first kappa shape index (κ1) is 20.2. The first-order valence-electron chi connectivity index (χ1n) is 11.0. The third kappa shape index (κ3) is 4.91. The quantitative estimate of drug-likeness (QED) is 0.337. The molecule has 4 aromatic rings. The van der Waals surface area contributed by atoms with Crippen molar-refractivity contribution in [2.45, 2.75) is 33.1 Å². The highest BCUT2D eigenvalue weighted by atomic mass is 16.3. The largest absolute Gasteiger partial charge is 0.456 e. The lowest BCUT2D eigenvalue weighted by Gasteiger charge is -2.20. The number of benzene rings is 3. The van der Waals surface area contributed by atoms with Gasteiger partial charge in [-0.2, -0.15) is 0 Å². The monoisotopic (exact) mass is 394 g/mol. The Morgan fingerprint density at radius 2 is 1.23 bits per heavy atom. The number of allylic oxidation sites excluding steroid dienone is 1. The molecular formula is C29H30O. The summed E-state index contributed by atoms with van der Waals surface area (Å²) in [6.45, 7) is 4.72. The van der Waals surface area contributed by atoms with Crippen molar-refractivity contribution in [3.63, 3.8) is 0 Å². The zero-order valence-electron chi connectivity index (χ0n) is 17.9. The molecule has 3 aromatic carbocycles. The summed E-state index contributed by atoms with van der Waals surface area (Å²) in [6.07, 6.45) is 7.56. The third-order valence-corrected chi connectivity index (χ3v) is 6.09. The van der Waals surface area contributed by atoms with E-state index in [0.717, 1.165) is 17.8 Å². The van der Waals surface area contributed by atoms with Gasteiger partial charge in [0.25, 0.3) is 0 Å². The lowest BCUT2D eigenvalue weighted by atomic mass is 9.85. The highest BCUT2D eigenvalue weighted by molar-refractivity contribution is 5.86. The molecule has 0 fully saturated rings. The van der Waals surface area contributed by atoms with Crippen molar-refractivity contribution in [1.29, 1.82) is 0 Å². The van der Waals surface area contributed by atoms with Crippen molar-refractivity contribution in [2.24, 2.45) is 11.8 Å². The molecule has 0 radical (unpaired) electrons. The maximum absolute atomic E-state index is 5.62. The highest BCUT2D eigenvalue weighted by Crippen LogP contribution is 2.30. The summed E-state index contributed by atoms with van der Waals surface area (Å²) in [7, 11) is 0. The summed E-state index contributed by atoms with van der Waals surface area (Å²) < 4.78 is 5.62. The van der Waals surface area contributed by atoms with Gasteiger partial charge in [-0.1, -0.05) is 98.8 Å². The molecule has 1 aliphatic rings. The highest BCUT2D eigenvalue weighted by Gasteiger charge is 2.14. The molecule has 2 atom stereocenters. The maximum Gasteiger partial charge on any atom is 0.135 e. The smallest absolute Gasteiger partial charge is 0.135 e. The zero-order chi connectivity index (χ0) is 20.8. The first-order valence-corrected chi connectivity index (χ1v) is 11.0. The Morgan fingerprint density at radius 1 is 0.700 bits per heavy atom. The molecule has 1 heteroatoms. The van der Waals surface area contributed by atoms with Crippen LogP contribution in [0.25, 0.3) is 17.0 Å². The molecular weight excluding hydrogens is 364 g/mol. The van der Waals surface area contributed by atoms with Crippen molar-refractivity contribution in [3.05, 3.63) is 113 Å². The molecule has 0 saturated carbocycles. The third-order valence-electron chi connectivity index (χ3n) is 6.09. The molecule has 1 aliphatic carbocycles. The molecule has 2 unspecified atom stereocenters. The van der Waals surface area contributed by atoms with E-state index in [-0.39, 0.29) is 0 Å². The number of hydrogen-bond acceptors (Lipinski definition) is 1. The van der Waals surface area contributed by atoms with Gasteiger partial charge in [0, 0.05) is 10.9 Å². The summed E-state index contributed by atoms with van der Waals surface area (Å²) in [4.78, 5) is 0. The second-order valence-electron chi connectivity index (χ2n) is 8.38. The van der Waals surface area contributed by atoms with E-state index in [1.165, 1.54) is 34.9 Å². The van der Waals surface area contributed by atoms with E-state index in [2.05, 4.69) is 98.8 Å². The minimum Gasteiger partial charge on any atom is -0.456 e. The zero-order valence-corrected chi connectivity index (χ0v) is 17.9. The van der Waals surface area contributed by atoms with E-state index in [1.807, 2.05) is 12.1 Å². The van der Waals surface area contributed by atoms with E-state index in [0.29, 0.717) is 11.8 Å². The van der Waals surface area contributed by atoms with E-state index >= 15 is 0 Å². The fourth-order valence-corrected chi connectivity index (χ4v) is 4.12. The molecule has 0 spiro atoms. The van der Waals surface area contributed by atoms with E-state index in [1.54, 1.807) is 0 Å². The molecule has 0 amide bonds. The lowest BCUT2D eigenvalue weighted by molar-refractivity contribution is 0.383. The van der Waals surface area contributed by atoms with Gasteiger partial charge in [0.1, 0.15) is 11.3 Å². The number of hydrogen-bond donors (Lipinski definition) is 0. The number of para-hydroxylation sites is 1. The average Bonchev–Trinajstić information content (AvgIpc) is 3.37.